The molecule has 3 rings (SSSR count). The van der Waals surface area contributed by atoms with Gasteiger partial charge in [-0.15, -0.1) is 0 Å². The number of aliphatic hydroxyl groups excluding tert-OH is 1. The van der Waals surface area contributed by atoms with E-state index in [0.717, 1.165) is 22.6 Å². The lowest BCUT2D eigenvalue weighted by molar-refractivity contribution is -0.253. The quantitative estimate of drug-likeness (QED) is 0.275. The van der Waals surface area contributed by atoms with E-state index in [-0.39, 0.29) is 23.3 Å². The lowest BCUT2D eigenvalue weighted by Gasteiger charge is -2.27. The summed E-state index contributed by atoms with van der Waals surface area (Å²) in [5, 5.41) is 9.69. The molecule has 1 aromatic heterocycles. The van der Waals surface area contributed by atoms with Gasteiger partial charge in [-0.25, -0.2) is 4.98 Å². The number of rotatable bonds is 11. The zero-order chi connectivity index (χ0) is 28.1. The highest BCUT2D eigenvalue weighted by atomic mass is 19.4. The first-order valence-corrected chi connectivity index (χ1v) is 11.3. The van der Waals surface area contributed by atoms with Crippen molar-refractivity contribution in [2.45, 2.75) is 51.1 Å². The summed E-state index contributed by atoms with van der Waals surface area (Å²) >= 11 is 0. The number of hydrogen-bond donors (Lipinski definition) is 1. The topological polar surface area (TPSA) is 67.7 Å². The van der Waals surface area contributed by atoms with Crippen LogP contribution in [0.2, 0.25) is 0 Å². The molecule has 0 aliphatic rings. The molecule has 1 heterocycles. The standard InChI is InChI=1S/C25H24F7N3O3/c1-15(2)17-6-4-7-18(12-17)37-21-9-10-33-23(34-21)35(14-20(36)24(28,29)30)13-16-5-3-8-19(11-16)38-25(31,32)22(26)27/h3-12,15,20,22,36H,13-14H2,1-2H3. The largest absolute Gasteiger partial charge is 0.461 e. The Morgan fingerprint density at radius 2 is 1.63 bits per heavy atom. The third-order valence-corrected chi connectivity index (χ3v) is 5.20. The maximum absolute atomic E-state index is 13.3. The summed E-state index contributed by atoms with van der Waals surface area (Å²) in [4.78, 5) is 9.06. The first-order chi connectivity index (χ1) is 17.7. The average molecular weight is 547 g/mol. The monoisotopic (exact) mass is 547 g/mol. The second kappa shape index (κ2) is 11.8. The van der Waals surface area contributed by atoms with Gasteiger partial charge >= 0.3 is 18.7 Å². The molecule has 1 N–H and O–H groups in total. The van der Waals surface area contributed by atoms with Gasteiger partial charge in [-0.05, 0) is 41.3 Å². The molecular formula is C25H24F7N3O3. The molecular weight excluding hydrogens is 523 g/mol. The summed E-state index contributed by atoms with van der Waals surface area (Å²) in [7, 11) is 0. The first kappa shape index (κ1) is 29.0. The van der Waals surface area contributed by atoms with Gasteiger partial charge in [-0.1, -0.05) is 38.1 Å². The summed E-state index contributed by atoms with van der Waals surface area (Å²) in [5.41, 5.74) is 1.08. The Balaban J connectivity index is 1.89. The molecule has 0 fully saturated rings. The summed E-state index contributed by atoms with van der Waals surface area (Å²) in [6.45, 7) is 2.53. The number of ether oxygens (including phenoxy) is 2. The number of benzene rings is 2. The van der Waals surface area contributed by atoms with Gasteiger partial charge in [0.1, 0.15) is 11.5 Å². The molecule has 0 aliphatic carbocycles. The van der Waals surface area contributed by atoms with E-state index in [2.05, 4.69) is 14.7 Å². The molecule has 0 aliphatic heterocycles. The van der Waals surface area contributed by atoms with Gasteiger partial charge in [0.2, 0.25) is 11.8 Å². The van der Waals surface area contributed by atoms with Crippen molar-refractivity contribution in [3.63, 3.8) is 0 Å². The SMILES string of the molecule is CC(C)c1cccc(Oc2ccnc(N(Cc3cccc(OC(F)(F)C(F)F)c3)CC(O)C(F)(F)F)n2)c1. The molecule has 6 nitrogen and oxygen atoms in total. The summed E-state index contributed by atoms with van der Waals surface area (Å²) in [6.07, 6.45) is -15.4. The van der Waals surface area contributed by atoms with Crippen LogP contribution in [0.25, 0.3) is 0 Å². The Morgan fingerprint density at radius 3 is 2.29 bits per heavy atom. The Morgan fingerprint density at radius 1 is 0.947 bits per heavy atom. The van der Waals surface area contributed by atoms with Gasteiger partial charge in [0.25, 0.3) is 0 Å². The zero-order valence-corrected chi connectivity index (χ0v) is 20.2. The van der Waals surface area contributed by atoms with Crippen LogP contribution in [0, 0.1) is 0 Å². The van der Waals surface area contributed by atoms with Crippen molar-refractivity contribution in [3.05, 3.63) is 71.9 Å². The highest BCUT2D eigenvalue weighted by Gasteiger charge is 2.44. The first-order valence-electron chi connectivity index (χ1n) is 11.3. The van der Waals surface area contributed by atoms with Crippen molar-refractivity contribution < 1.29 is 45.3 Å². The Bertz CT molecular complexity index is 1210. The van der Waals surface area contributed by atoms with Crippen LogP contribution < -0.4 is 14.4 Å². The Hall–Kier alpha value is -3.61. The number of aromatic nitrogens is 2. The van der Waals surface area contributed by atoms with E-state index in [1.165, 1.54) is 24.4 Å². The van der Waals surface area contributed by atoms with E-state index in [1.54, 1.807) is 18.2 Å². The van der Waals surface area contributed by atoms with Crippen LogP contribution in [0.4, 0.5) is 36.7 Å². The van der Waals surface area contributed by atoms with Crippen molar-refractivity contribution in [1.29, 1.82) is 0 Å². The fourth-order valence-electron chi connectivity index (χ4n) is 3.26. The van der Waals surface area contributed by atoms with Crippen LogP contribution in [-0.4, -0.2) is 46.4 Å². The molecule has 0 spiro atoms. The number of hydrogen-bond acceptors (Lipinski definition) is 6. The smallest absolute Gasteiger partial charge is 0.439 e. The molecule has 1 unspecified atom stereocenters. The van der Waals surface area contributed by atoms with Crippen LogP contribution in [0.5, 0.6) is 17.4 Å². The lowest BCUT2D eigenvalue weighted by atomic mass is 10.0. The highest BCUT2D eigenvalue weighted by molar-refractivity contribution is 5.39. The molecule has 3 aromatic rings. The van der Waals surface area contributed by atoms with Gasteiger partial charge in [0.05, 0.1) is 6.54 Å². The van der Waals surface area contributed by atoms with E-state index in [1.807, 2.05) is 19.9 Å². The summed E-state index contributed by atoms with van der Waals surface area (Å²) < 4.78 is 101. The molecule has 2 aromatic carbocycles. The second-order valence-corrected chi connectivity index (χ2v) is 8.57. The van der Waals surface area contributed by atoms with Gasteiger partial charge in [-0.2, -0.15) is 35.7 Å². The molecule has 0 saturated heterocycles. The molecule has 0 saturated carbocycles. The van der Waals surface area contributed by atoms with Crippen LogP contribution in [0.3, 0.4) is 0 Å². The zero-order valence-electron chi connectivity index (χ0n) is 20.2. The molecule has 1 atom stereocenters. The van der Waals surface area contributed by atoms with Crippen molar-refractivity contribution in [3.8, 4) is 17.4 Å². The predicted molar refractivity (Wildman–Crippen MR) is 124 cm³/mol. The number of aliphatic hydroxyl groups is 1. The van der Waals surface area contributed by atoms with Crippen molar-refractivity contribution >= 4 is 5.95 Å². The van der Waals surface area contributed by atoms with E-state index < -0.39 is 43.7 Å². The molecule has 13 heteroatoms. The fourth-order valence-corrected chi connectivity index (χ4v) is 3.26. The summed E-state index contributed by atoms with van der Waals surface area (Å²) in [6, 6.07) is 13.0. The normalized spacial score (nSPS) is 13.1. The maximum Gasteiger partial charge on any atom is 0.461 e. The maximum atomic E-state index is 13.3. The number of anilines is 1. The third kappa shape index (κ3) is 7.94. The molecule has 206 valence electrons. The van der Waals surface area contributed by atoms with Crippen LogP contribution in [0.1, 0.15) is 30.9 Å². The van der Waals surface area contributed by atoms with Crippen molar-refractivity contribution in [2.24, 2.45) is 0 Å². The number of halogens is 7. The molecule has 0 amide bonds. The van der Waals surface area contributed by atoms with Crippen molar-refractivity contribution in [1.82, 2.24) is 9.97 Å². The van der Waals surface area contributed by atoms with Crippen LogP contribution >= 0.6 is 0 Å². The second-order valence-electron chi connectivity index (χ2n) is 8.57. The minimum Gasteiger partial charge on any atom is -0.439 e. The number of alkyl halides is 7. The lowest BCUT2D eigenvalue weighted by Crippen LogP contribution is -2.41. The van der Waals surface area contributed by atoms with E-state index in [9.17, 15) is 35.8 Å². The number of nitrogens with zero attached hydrogens (tertiary/aromatic N) is 3. The Kier molecular flexibility index (Phi) is 9.02. The van der Waals surface area contributed by atoms with E-state index >= 15 is 0 Å². The Labute approximate surface area is 213 Å². The predicted octanol–water partition coefficient (Wildman–Crippen LogP) is 6.56. The third-order valence-electron chi connectivity index (χ3n) is 5.20. The van der Waals surface area contributed by atoms with E-state index in [4.69, 9.17) is 4.74 Å². The van der Waals surface area contributed by atoms with Crippen molar-refractivity contribution in [2.75, 3.05) is 11.4 Å². The van der Waals surface area contributed by atoms with Gasteiger partial charge in [0, 0.05) is 18.8 Å². The summed E-state index contributed by atoms with van der Waals surface area (Å²) in [5.74, 6) is -0.273. The van der Waals surface area contributed by atoms with Gasteiger partial charge < -0.3 is 19.5 Å². The minimum absolute atomic E-state index is 0.00364. The highest BCUT2D eigenvalue weighted by Crippen LogP contribution is 2.30. The molecule has 0 radical (unpaired) electrons. The minimum atomic E-state index is -4.98. The van der Waals surface area contributed by atoms with Gasteiger partial charge in [0.15, 0.2) is 6.10 Å². The van der Waals surface area contributed by atoms with Crippen LogP contribution in [0.15, 0.2) is 60.8 Å². The van der Waals surface area contributed by atoms with E-state index in [0.29, 0.717) is 5.75 Å². The fraction of sp³-hybridized carbons (Fsp3) is 0.360. The molecule has 0 bridgehead atoms. The molecule has 38 heavy (non-hydrogen) atoms. The average Bonchev–Trinajstić information content (AvgIpc) is 2.83. The van der Waals surface area contributed by atoms with Crippen LogP contribution in [-0.2, 0) is 6.54 Å². The van der Waals surface area contributed by atoms with Gasteiger partial charge in [-0.3, -0.25) is 0 Å².